The Kier molecular flexibility index (Phi) is 7.86. The second kappa shape index (κ2) is 9.90. The number of amides is 1. The van der Waals surface area contributed by atoms with Crippen molar-refractivity contribution in [3.63, 3.8) is 0 Å². The fraction of sp³-hybridized carbons (Fsp3) is 0.350. The van der Waals surface area contributed by atoms with E-state index in [0.29, 0.717) is 18.7 Å². The molecular weight excluding hydrogens is 428 g/mol. The van der Waals surface area contributed by atoms with Gasteiger partial charge in [0.2, 0.25) is 15.9 Å². The molecular formula is C20H25BrN2O3S. The van der Waals surface area contributed by atoms with Gasteiger partial charge >= 0.3 is 0 Å². The average Bonchev–Trinajstić information content (AvgIpc) is 2.63. The van der Waals surface area contributed by atoms with Gasteiger partial charge in [-0.05, 0) is 36.1 Å². The summed E-state index contributed by atoms with van der Waals surface area (Å²) in [6, 6.07) is 17.1. The van der Waals surface area contributed by atoms with E-state index in [0.717, 1.165) is 4.47 Å². The molecule has 0 fully saturated rings. The number of hydrogen-bond acceptors (Lipinski definition) is 3. The van der Waals surface area contributed by atoms with Crippen molar-refractivity contribution in [2.45, 2.75) is 25.7 Å². The Balaban J connectivity index is 1.85. The molecule has 2 rings (SSSR count). The molecule has 0 saturated heterocycles. The van der Waals surface area contributed by atoms with E-state index in [1.54, 1.807) is 18.2 Å². The second-order valence-electron chi connectivity index (χ2n) is 6.53. The summed E-state index contributed by atoms with van der Waals surface area (Å²) in [7, 11) is -3.41. The highest BCUT2D eigenvalue weighted by molar-refractivity contribution is 9.10. The molecule has 0 radical (unpaired) electrons. The first kappa shape index (κ1) is 21.4. The van der Waals surface area contributed by atoms with E-state index in [1.807, 2.05) is 36.4 Å². The smallest absolute Gasteiger partial charge is 0.232 e. The molecule has 0 saturated carbocycles. The molecule has 0 aliphatic heterocycles. The summed E-state index contributed by atoms with van der Waals surface area (Å²) >= 11 is 3.36. The normalized spacial score (nSPS) is 12.4. The van der Waals surface area contributed by atoms with Crippen LogP contribution in [0.5, 0.6) is 0 Å². The van der Waals surface area contributed by atoms with E-state index in [2.05, 4.69) is 28.2 Å². The van der Waals surface area contributed by atoms with Crippen LogP contribution < -0.4 is 9.62 Å². The maximum atomic E-state index is 12.1. The summed E-state index contributed by atoms with van der Waals surface area (Å²) in [6.45, 7) is 2.88. The lowest BCUT2D eigenvalue weighted by atomic mass is 10.0. The van der Waals surface area contributed by atoms with Crippen LogP contribution in [0.2, 0.25) is 0 Å². The number of nitrogens with one attached hydrogen (secondary N) is 1. The Labute approximate surface area is 170 Å². The fourth-order valence-corrected chi connectivity index (χ4v) is 4.10. The lowest BCUT2D eigenvalue weighted by molar-refractivity contribution is -0.121. The number of rotatable bonds is 9. The van der Waals surface area contributed by atoms with Crippen LogP contribution in [0.25, 0.3) is 0 Å². The highest BCUT2D eigenvalue weighted by Gasteiger charge is 2.18. The van der Waals surface area contributed by atoms with Crippen molar-refractivity contribution in [3.8, 4) is 0 Å². The minimum atomic E-state index is -3.41. The van der Waals surface area contributed by atoms with Crippen molar-refractivity contribution in [1.29, 1.82) is 0 Å². The van der Waals surface area contributed by atoms with Crippen LogP contribution in [-0.4, -0.2) is 33.7 Å². The van der Waals surface area contributed by atoms with Gasteiger partial charge in [0.1, 0.15) is 0 Å². The third kappa shape index (κ3) is 6.99. The van der Waals surface area contributed by atoms with Crippen LogP contribution >= 0.6 is 15.9 Å². The minimum absolute atomic E-state index is 0.0690. The molecule has 0 aliphatic rings. The number of benzene rings is 2. The van der Waals surface area contributed by atoms with E-state index >= 15 is 0 Å². The van der Waals surface area contributed by atoms with Gasteiger partial charge in [-0.3, -0.25) is 9.10 Å². The van der Waals surface area contributed by atoms with E-state index in [4.69, 9.17) is 0 Å². The van der Waals surface area contributed by atoms with Gasteiger partial charge in [0.15, 0.2) is 0 Å². The zero-order chi connectivity index (χ0) is 19.9. The Bertz CT molecular complexity index is 857. The van der Waals surface area contributed by atoms with Gasteiger partial charge < -0.3 is 5.32 Å². The lowest BCUT2D eigenvalue weighted by Gasteiger charge is -2.22. The van der Waals surface area contributed by atoms with Gasteiger partial charge in [-0.2, -0.15) is 0 Å². The largest absolute Gasteiger partial charge is 0.356 e. The lowest BCUT2D eigenvalue weighted by Crippen LogP contribution is -2.32. The molecule has 2 aromatic carbocycles. The molecule has 1 unspecified atom stereocenters. The predicted molar refractivity (Wildman–Crippen MR) is 113 cm³/mol. The maximum Gasteiger partial charge on any atom is 0.232 e. The third-order valence-electron chi connectivity index (χ3n) is 4.24. The molecule has 0 heterocycles. The SMILES string of the molecule is CC(CNC(=O)CCCN(c1cccc(Br)c1)S(C)(=O)=O)c1ccccc1. The molecule has 7 heteroatoms. The third-order valence-corrected chi connectivity index (χ3v) is 5.92. The molecule has 5 nitrogen and oxygen atoms in total. The van der Waals surface area contributed by atoms with Crippen LogP contribution in [0, 0.1) is 0 Å². The summed E-state index contributed by atoms with van der Waals surface area (Å²) in [5.74, 6) is 0.157. The molecule has 27 heavy (non-hydrogen) atoms. The number of hydrogen-bond donors (Lipinski definition) is 1. The molecule has 1 N–H and O–H groups in total. The van der Waals surface area contributed by atoms with Gasteiger partial charge in [0, 0.05) is 24.0 Å². The Morgan fingerprint density at radius 3 is 2.48 bits per heavy atom. The van der Waals surface area contributed by atoms with Crippen molar-refractivity contribution in [2.24, 2.45) is 0 Å². The van der Waals surface area contributed by atoms with Gasteiger partial charge in [-0.15, -0.1) is 0 Å². The Morgan fingerprint density at radius 1 is 1.15 bits per heavy atom. The van der Waals surface area contributed by atoms with E-state index < -0.39 is 10.0 Å². The molecule has 0 aromatic heterocycles. The summed E-state index contributed by atoms with van der Waals surface area (Å²) in [4.78, 5) is 12.1. The number of nitrogens with zero attached hydrogens (tertiary/aromatic N) is 1. The van der Waals surface area contributed by atoms with E-state index in [-0.39, 0.29) is 24.8 Å². The highest BCUT2D eigenvalue weighted by atomic mass is 79.9. The zero-order valence-electron chi connectivity index (χ0n) is 15.6. The van der Waals surface area contributed by atoms with E-state index in [1.165, 1.54) is 16.1 Å². The van der Waals surface area contributed by atoms with Crippen molar-refractivity contribution >= 4 is 37.5 Å². The second-order valence-corrected chi connectivity index (χ2v) is 9.36. The van der Waals surface area contributed by atoms with Crippen molar-refractivity contribution < 1.29 is 13.2 Å². The fourth-order valence-electron chi connectivity index (χ4n) is 2.76. The number of carbonyl (C=O) groups is 1. The standard InChI is InChI=1S/C20H25BrN2O3S/c1-16(17-8-4-3-5-9-17)15-22-20(24)12-7-13-23(27(2,25)26)19-11-6-10-18(21)14-19/h3-6,8-11,14,16H,7,12-13,15H2,1-2H3,(H,22,24). The Hall–Kier alpha value is -1.86. The maximum absolute atomic E-state index is 12.1. The molecule has 2 aromatic rings. The number of anilines is 1. The summed E-state index contributed by atoms with van der Waals surface area (Å²) in [5, 5.41) is 2.93. The minimum Gasteiger partial charge on any atom is -0.356 e. The van der Waals surface area contributed by atoms with Crippen LogP contribution in [0.3, 0.4) is 0 Å². The molecule has 1 amide bonds. The van der Waals surface area contributed by atoms with Crippen molar-refractivity contribution in [2.75, 3.05) is 23.7 Å². The van der Waals surface area contributed by atoms with Gasteiger partial charge in [-0.1, -0.05) is 59.3 Å². The monoisotopic (exact) mass is 452 g/mol. The predicted octanol–water partition coefficient (Wildman–Crippen LogP) is 3.92. The number of carbonyl (C=O) groups excluding carboxylic acids is 1. The van der Waals surface area contributed by atoms with Crippen LogP contribution in [0.15, 0.2) is 59.1 Å². The molecule has 0 bridgehead atoms. The number of halogens is 1. The van der Waals surface area contributed by atoms with E-state index in [9.17, 15) is 13.2 Å². The van der Waals surface area contributed by atoms with Crippen molar-refractivity contribution in [1.82, 2.24) is 5.32 Å². The first-order valence-corrected chi connectivity index (χ1v) is 11.5. The van der Waals surface area contributed by atoms with Gasteiger partial charge in [0.25, 0.3) is 0 Å². The zero-order valence-corrected chi connectivity index (χ0v) is 18.0. The summed E-state index contributed by atoms with van der Waals surface area (Å²) in [6.07, 6.45) is 1.90. The quantitative estimate of drug-likeness (QED) is 0.626. The van der Waals surface area contributed by atoms with Crippen LogP contribution in [0.4, 0.5) is 5.69 Å². The molecule has 146 valence electrons. The summed E-state index contributed by atoms with van der Waals surface area (Å²) in [5.41, 5.74) is 1.76. The van der Waals surface area contributed by atoms with Gasteiger partial charge in [0.05, 0.1) is 11.9 Å². The Morgan fingerprint density at radius 2 is 1.85 bits per heavy atom. The molecule has 1 atom stereocenters. The first-order valence-electron chi connectivity index (χ1n) is 8.82. The van der Waals surface area contributed by atoms with Crippen LogP contribution in [0.1, 0.15) is 31.2 Å². The number of sulfonamides is 1. The summed E-state index contributed by atoms with van der Waals surface area (Å²) < 4.78 is 26.3. The first-order chi connectivity index (χ1) is 12.8. The van der Waals surface area contributed by atoms with Gasteiger partial charge in [-0.25, -0.2) is 8.42 Å². The topological polar surface area (TPSA) is 66.5 Å². The van der Waals surface area contributed by atoms with Crippen LogP contribution in [-0.2, 0) is 14.8 Å². The molecule has 0 aliphatic carbocycles. The van der Waals surface area contributed by atoms with Crippen molar-refractivity contribution in [3.05, 3.63) is 64.6 Å². The molecule has 0 spiro atoms. The average molecular weight is 453 g/mol. The highest BCUT2D eigenvalue weighted by Crippen LogP contribution is 2.22.